The molecule has 0 saturated carbocycles. The number of nitrogens with zero attached hydrogens (tertiary/aromatic N) is 3. The van der Waals surface area contributed by atoms with Crippen LogP contribution in [0.25, 0.3) is 0 Å². The van der Waals surface area contributed by atoms with Crippen LogP contribution in [0.5, 0.6) is 0 Å². The molecule has 1 aromatic heterocycles. The number of hydrogen-bond acceptors (Lipinski definition) is 4. The molecule has 1 aliphatic heterocycles. The van der Waals surface area contributed by atoms with E-state index in [1.807, 2.05) is 0 Å². The number of nitrogens with one attached hydrogen (secondary N) is 1. The minimum atomic E-state index is 0.930. The molecule has 0 fully saturated rings. The molecular formula is C13H22N4. The Bertz CT molecular complexity index is 324. The quantitative estimate of drug-likeness (QED) is 0.710. The Balaban J connectivity index is 2.11. The van der Waals surface area contributed by atoms with Crippen molar-refractivity contribution in [3.05, 3.63) is 29.6 Å². The van der Waals surface area contributed by atoms with Crippen molar-refractivity contribution in [2.75, 3.05) is 40.3 Å². The first-order valence-corrected chi connectivity index (χ1v) is 6.26. The van der Waals surface area contributed by atoms with Crippen LogP contribution >= 0.6 is 0 Å². The molecule has 1 aromatic rings. The molecule has 0 unspecified atom stereocenters. The van der Waals surface area contributed by atoms with Crippen LogP contribution in [0.2, 0.25) is 0 Å². The standard InChI is InChI=1S/C13H22N4/c1-16-8-6-14-7-9-17(2)11-13-5-3-4-12(10-16)15-13/h3-5,14H,6-11H2,1-2H3. The van der Waals surface area contributed by atoms with Crippen molar-refractivity contribution in [2.24, 2.45) is 0 Å². The number of pyridine rings is 1. The Morgan fingerprint density at radius 1 is 1.00 bits per heavy atom. The van der Waals surface area contributed by atoms with Gasteiger partial charge >= 0.3 is 0 Å². The van der Waals surface area contributed by atoms with Crippen molar-refractivity contribution >= 4 is 0 Å². The average molecular weight is 234 g/mol. The van der Waals surface area contributed by atoms with Crippen LogP contribution in [0.15, 0.2) is 18.2 Å². The Labute approximate surface area is 104 Å². The number of hydrogen-bond donors (Lipinski definition) is 1. The zero-order chi connectivity index (χ0) is 12.1. The second kappa shape index (κ2) is 6.10. The lowest BCUT2D eigenvalue weighted by Crippen LogP contribution is -2.35. The van der Waals surface area contributed by atoms with Gasteiger partial charge in [-0.05, 0) is 26.2 Å². The molecule has 0 radical (unpaired) electrons. The van der Waals surface area contributed by atoms with Crippen LogP contribution in [0.3, 0.4) is 0 Å². The lowest BCUT2D eigenvalue weighted by Gasteiger charge is -2.21. The minimum absolute atomic E-state index is 0.930. The van der Waals surface area contributed by atoms with E-state index in [1.165, 1.54) is 11.4 Å². The predicted octanol–water partition coefficient (Wildman–Crippen LogP) is 0.548. The molecular weight excluding hydrogens is 212 g/mol. The molecule has 0 atom stereocenters. The summed E-state index contributed by atoms with van der Waals surface area (Å²) < 4.78 is 0. The molecule has 94 valence electrons. The summed E-state index contributed by atoms with van der Waals surface area (Å²) >= 11 is 0. The molecule has 2 heterocycles. The van der Waals surface area contributed by atoms with Gasteiger partial charge in [0, 0.05) is 39.3 Å². The van der Waals surface area contributed by atoms with Gasteiger partial charge in [0.15, 0.2) is 0 Å². The van der Waals surface area contributed by atoms with E-state index in [9.17, 15) is 0 Å². The Hall–Kier alpha value is -0.970. The molecule has 0 amide bonds. The summed E-state index contributed by atoms with van der Waals surface area (Å²) in [7, 11) is 4.29. The minimum Gasteiger partial charge on any atom is -0.314 e. The smallest absolute Gasteiger partial charge is 0.0547 e. The zero-order valence-corrected chi connectivity index (χ0v) is 10.8. The Kier molecular flexibility index (Phi) is 4.48. The molecule has 0 aliphatic carbocycles. The van der Waals surface area contributed by atoms with Gasteiger partial charge in [0.2, 0.25) is 0 Å². The highest BCUT2D eigenvalue weighted by molar-refractivity contribution is 5.11. The summed E-state index contributed by atoms with van der Waals surface area (Å²) in [6.45, 7) is 6.08. The van der Waals surface area contributed by atoms with Crippen molar-refractivity contribution in [2.45, 2.75) is 13.1 Å². The Morgan fingerprint density at radius 3 is 2.06 bits per heavy atom. The molecule has 0 aromatic carbocycles. The van der Waals surface area contributed by atoms with Gasteiger partial charge in [-0.2, -0.15) is 0 Å². The van der Waals surface area contributed by atoms with E-state index in [1.54, 1.807) is 0 Å². The number of likely N-dealkylation sites (N-methyl/N-ethyl adjacent to an activating group) is 2. The van der Waals surface area contributed by atoms with E-state index >= 15 is 0 Å². The van der Waals surface area contributed by atoms with Crippen molar-refractivity contribution in [3.63, 3.8) is 0 Å². The van der Waals surface area contributed by atoms with Crippen molar-refractivity contribution in [1.29, 1.82) is 0 Å². The summed E-state index contributed by atoms with van der Waals surface area (Å²) in [5.74, 6) is 0. The average Bonchev–Trinajstić information content (AvgIpc) is 2.27. The van der Waals surface area contributed by atoms with Crippen LogP contribution in [-0.4, -0.2) is 55.1 Å². The fraction of sp³-hybridized carbons (Fsp3) is 0.615. The molecule has 0 spiro atoms. The van der Waals surface area contributed by atoms with E-state index in [2.05, 4.69) is 47.4 Å². The van der Waals surface area contributed by atoms with E-state index in [4.69, 9.17) is 4.98 Å². The fourth-order valence-electron chi connectivity index (χ4n) is 2.08. The third-order valence-corrected chi connectivity index (χ3v) is 3.07. The van der Waals surface area contributed by atoms with Crippen molar-refractivity contribution in [3.8, 4) is 0 Å². The van der Waals surface area contributed by atoms with Gasteiger partial charge in [-0.1, -0.05) is 6.07 Å². The van der Waals surface area contributed by atoms with E-state index in [0.29, 0.717) is 0 Å². The van der Waals surface area contributed by atoms with Gasteiger partial charge < -0.3 is 5.32 Å². The highest BCUT2D eigenvalue weighted by Gasteiger charge is 2.06. The van der Waals surface area contributed by atoms with Crippen LogP contribution in [0.1, 0.15) is 11.4 Å². The third kappa shape index (κ3) is 4.07. The maximum atomic E-state index is 4.70. The maximum absolute atomic E-state index is 4.70. The summed E-state index contributed by atoms with van der Waals surface area (Å²) in [4.78, 5) is 9.32. The van der Waals surface area contributed by atoms with E-state index in [0.717, 1.165) is 39.3 Å². The summed E-state index contributed by atoms with van der Waals surface area (Å²) in [5.41, 5.74) is 2.33. The lowest BCUT2D eigenvalue weighted by molar-refractivity contribution is 0.292. The van der Waals surface area contributed by atoms with Gasteiger partial charge in [-0.3, -0.25) is 14.8 Å². The highest BCUT2D eigenvalue weighted by Crippen LogP contribution is 2.05. The summed E-state index contributed by atoms with van der Waals surface area (Å²) in [6, 6.07) is 6.34. The molecule has 2 bridgehead atoms. The van der Waals surface area contributed by atoms with Gasteiger partial charge in [0.25, 0.3) is 0 Å². The predicted molar refractivity (Wildman–Crippen MR) is 69.8 cm³/mol. The highest BCUT2D eigenvalue weighted by atomic mass is 15.1. The monoisotopic (exact) mass is 234 g/mol. The molecule has 2 rings (SSSR count). The normalized spacial score (nSPS) is 20.6. The first-order valence-electron chi connectivity index (χ1n) is 6.26. The van der Waals surface area contributed by atoms with Crippen molar-refractivity contribution in [1.82, 2.24) is 20.1 Å². The molecule has 1 aliphatic rings. The second-order valence-electron chi connectivity index (χ2n) is 4.85. The third-order valence-electron chi connectivity index (χ3n) is 3.07. The second-order valence-corrected chi connectivity index (χ2v) is 4.85. The van der Waals surface area contributed by atoms with Crippen LogP contribution < -0.4 is 5.32 Å². The summed E-state index contributed by atoms with van der Waals surface area (Å²) in [5, 5.41) is 3.47. The SMILES string of the molecule is CN1CCNCCN(C)Cc2cccc(n2)C1. The van der Waals surface area contributed by atoms with Gasteiger partial charge in [-0.25, -0.2) is 0 Å². The van der Waals surface area contributed by atoms with Crippen LogP contribution in [-0.2, 0) is 13.1 Å². The Morgan fingerprint density at radius 2 is 1.53 bits per heavy atom. The molecule has 4 heteroatoms. The molecule has 4 nitrogen and oxygen atoms in total. The molecule has 17 heavy (non-hydrogen) atoms. The first kappa shape index (κ1) is 12.5. The lowest BCUT2D eigenvalue weighted by atomic mass is 10.2. The molecule has 0 saturated heterocycles. The first-order chi connectivity index (χ1) is 8.24. The number of aromatic nitrogens is 1. The molecule has 1 N–H and O–H groups in total. The van der Waals surface area contributed by atoms with Gasteiger partial charge in [0.05, 0.1) is 11.4 Å². The fourth-order valence-corrected chi connectivity index (χ4v) is 2.08. The topological polar surface area (TPSA) is 31.4 Å². The van der Waals surface area contributed by atoms with Crippen LogP contribution in [0.4, 0.5) is 0 Å². The van der Waals surface area contributed by atoms with Gasteiger partial charge in [0.1, 0.15) is 0 Å². The zero-order valence-electron chi connectivity index (χ0n) is 10.8. The summed E-state index contributed by atoms with van der Waals surface area (Å²) in [6.07, 6.45) is 0. The van der Waals surface area contributed by atoms with E-state index in [-0.39, 0.29) is 0 Å². The van der Waals surface area contributed by atoms with E-state index < -0.39 is 0 Å². The largest absolute Gasteiger partial charge is 0.314 e. The maximum Gasteiger partial charge on any atom is 0.0547 e. The van der Waals surface area contributed by atoms with Gasteiger partial charge in [-0.15, -0.1) is 0 Å². The number of rotatable bonds is 0. The number of fused-ring (bicyclic) bond motifs is 2. The van der Waals surface area contributed by atoms with Crippen LogP contribution in [0, 0.1) is 0 Å². The van der Waals surface area contributed by atoms with Crippen molar-refractivity contribution < 1.29 is 0 Å².